The molecule has 140 valence electrons. The SMILES string of the molecule is OCC(O[C@H]1OCCN[C@H]1c1ccccc1)c1cccc(C(F)(F)F)c1. The van der Waals surface area contributed by atoms with Gasteiger partial charge in [-0.15, -0.1) is 0 Å². The van der Waals surface area contributed by atoms with Gasteiger partial charge in [-0.05, 0) is 23.3 Å². The summed E-state index contributed by atoms with van der Waals surface area (Å²) in [5, 5.41) is 13.0. The minimum Gasteiger partial charge on any atom is -0.393 e. The molecule has 1 fully saturated rings. The minimum absolute atomic E-state index is 0.253. The first kappa shape index (κ1) is 18.8. The minimum atomic E-state index is -4.45. The average Bonchev–Trinajstić information content (AvgIpc) is 2.66. The Balaban J connectivity index is 1.80. The summed E-state index contributed by atoms with van der Waals surface area (Å²) in [5.41, 5.74) is 0.417. The predicted octanol–water partition coefficient (Wildman–Crippen LogP) is 3.44. The van der Waals surface area contributed by atoms with E-state index in [-0.39, 0.29) is 11.6 Å². The highest BCUT2D eigenvalue weighted by Crippen LogP contribution is 2.33. The molecule has 2 N–H and O–H groups in total. The number of aliphatic hydroxyl groups is 1. The third-order valence-electron chi connectivity index (χ3n) is 4.23. The van der Waals surface area contributed by atoms with Crippen molar-refractivity contribution in [1.29, 1.82) is 0 Å². The zero-order chi connectivity index (χ0) is 18.6. The van der Waals surface area contributed by atoms with Crippen LogP contribution >= 0.6 is 0 Å². The van der Waals surface area contributed by atoms with E-state index in [0.717, 1.165) is 17.7 Å². The lowest BCUT2D eigenvalue weighted by atomic mass is 10.0. The van der Waals surface area contributed by atoms with Crippen LogP contribution in [0.3, 0.4) is 0 Å². The summed E-state index contributed by atoms with van der Waals surface area (Å²) in [7, 11) is 0. The standard InChI is InChI=1S/C19H20F3NO3/c20-19(21,22)15-8-4-7-14(11-15)16(12-24)26-18-17(23-9-10-25-18)13-5-2-1-3-6-13/h1-8,11,16-18,23-24H,9-10,12H2/t16?,17-,18+/m0/s1. The Kier molecular flexibility index (Phi) is 5.93. The second kappa shape index (κ2) is 8.18. The van der Waals surface area contributed by atoms with Crippen molar-refractivity contribution in [1.82, 2.24) is 5.32 Å². The zero-order valence-corrected chi connectivity index (χ0v) is 13.9. The van der Waals surface area contributed by atoms with Gasteiger partial charge in [-0.3, -0.25) is 0 Å². The molecule has 0 spiro atoms. The van der Waals surface area contributed by atoms with Gasteiger partial charge in [0, 0.05) is 6.54 Å². The van der Waals surface area contributed by atoms with E-state index in [2.05, 4.69) is 5.32 Å². The fourth-order valence-corrected chi connectivity index (χ4v) is 2.94. The van der Waals surface area contributed by atoms with Crippen LogP contribution < -0.4 is 5.32 Å². The smallest absolute Gasteiger partial charge is 0.393 e. The van der Waals surface area contributed by atoms with Crippen molar-refractivity contribution in [2.45, 2.75) is 24.6 Å². The van der Waals surface area contributed by atoms with Crippen LogP contribution in [0, 0.1) is 0 Å². The molecule has 1 unspecified atom stereocenters. The first-order valence-corrected chi connectivity index (χ1v) is 8.32. The van der Waals surface area contributed by atoms with Crippen molar-refractivity contribution >= 4 is 0 Å². The van der Waals surface area contributed by atoms with Gasteiger partial charge in [-0.1, -0.05) is 42.5 Å². The number of aliphatic hydroxyl groups excluding tert-OH is 1. The van der Waals surface area contributed by atoms with Crippen molar-refractivity contribution in [2.75, 3.05) is 19.8 Å². The largest absolute Gasteiger partial charge is 0.416 e. The van der Waals surface area contributed by atoms with Crippen molar-refractivity contribution in [3.8, 4) is 0 Å². The molecule has 1 aliphatic rings. The van der Waals surface area contributed by atoms with Gasteiger partial charge in [0.1, 0.15) is 6.10 Å². The van der Waals surface area contributed by atoms with Gasteiger partial charge in [0.2, 0.25) is 0 Å². The maximum absolute atomic E-state index is 12.9. The van der Waals surface area contributed by atoms with E-state index in [1.54, 1.807) is 0 Å². The fraction of sp³-hybridized carbons (Fsp3) is 0.368. The summed E-state index contributed by atoms with van der Waals surface area (Å²) in [6.07, 6.45) is -6.10. The van der Waals surface area contributed by atoms with Crippen LogP contribution in [0.25, 0.3) is 0 Å². The van der Waals surface area contributed by atoms with Crippen molar-refractivity contribution in [2.24, 2.45) is 0 Å². The highest BCUT2D eigenvalue weighted by atomic mass is 19.4. The second-order valence-electron chi connectivity index (χ2n) is 6.01. The lowest BCUT2D eigenvalue weighted by Crippen LogP contribution is -2.44. The number of benzene rings is 2. The zero-order valence-electron chi connectivity index (χ0n) is 13.9. The van der Waals surface area contributed by atoms with Gasteiger partial charge in [0.05, 0.1) is 24.8 Å². The maximum atomic E-state index is 12.9. The topological polar surface area (TPSA) is 50.7 Å². The molecule has 1 aliphatic heterocycles. The van der Waals surface area contributed by atoms with E-state index in [4.69, 9.17) is 9.47 Å². The molecule has 1 saturated heterocycles. The Morgan fingerprint density at radius 1 is 1.15 bits per heavy atom. The van der Waals surface area contributed by atoms with Crippen LogP contribution in [0.2, 0.25) is 0 Å². The Hall–Kier alpha value is -1.93. The van der Waals surface area contributed by atoms with Crippen LogP contribution in [-0.4, -0.2) is 31.2 Å². The highest BCUT2D eigenvalue weighted by Gasteiger charge is 2.33. The first-order valence-electron chi connectivity index (χ1n) is 8.32. The molecule has 0 radical (unpaired) electrons. The summed E-state index contributed by atoms with van der Waals surface area (Å²) in [4.78, 5) is 0. The number of hydrogen-bond donors (Lipinski definition) is 2. The number of morpholine rings is 1. The third kappa shape index (κ3) is 4.42. The molecule has 0 aromatic heterocycles. The molecular formula is C19H20F3NO3. The molecule has 26 heavy (non-hydrogen) atoms. The Bertz CT molecular complexity index is 709. The third-order valence-corrected chi connectivity index (χ3v) is 4.23. The average molecular weight is 367 g/mol. The van der Waals surface area contributed by atoms with Crippen molar-refractivity contribution < 1.29 is 27.8 Å². The molecule has 1 heterocycles. The number of rotatable bonds is 5. The monoisotopic (exact) mass is 367 g/mol. The molecule has 2 aromatic carbocycles. The molecule has 2 aromatic rings. The lowest BCUT2D eigenvalue weighted by Gasteiger charge is -2.35. The lowest BCUT2D eigenvalue weighted by molar-refractivity contribution is -0.209. The number of hydrogen-bond acceptors (Lipinski definition) is 4. The first-order chi connectivity index (χ1) is 12.5. The van der Waals surface area contributed by atoms with Gasteiger partial charge in [0.15, 0.2) is 6.29 Å². The molecule has 7 heteroatoms. The number of nitrogens with one attached hydrogen (secondary N) is 1. The molecule has 3 atom stereocenters. The summed E-state index contributed by atoms with van der Waals surface area (Å²) < 4.78 is 50.4. The number of halogens is 3. The molecule has 0 bridgehead atoms. The van der Waals surface area contributed by atoms with E-state index in [9.17, 15) is 18.3 Å². The van der Waals surface area contributed by atoms with E-state index in [0.29, 0.717) is 13.2 Å². The van der Waals surface area contributed by atoms with E-state index in [1.807, 2.05) is 30.3 Å². The summed E-state index contributed by atoms with van der Waals surface area (Å²) in [6, 6.07) is 14.0. The van der Waals surface area contributed by atoms with Gasteiger partial charge >= 0.3 is 6.18 Å². The Labute approximate surface area is 149 Å². The normalized spacial score (nSPS) is 22.2. The van der Waals surface area contributed by atoms with Gasteiger partial charge in [0.25, 0.3) is 0 Å². The summed E-state index contributed by atoms with van der Waals surface area (Å²) in [5.74, 6) is 0. The van der Waals surface area contributed by atoms with Crippen LogP contribution in [0.15, 0.2) is 54.6 Å². The summed E-state index contributed by atoms with van der Waals surface area (Å²) >= 11 is 0. The van der Waals surface area contributed by atoms with Crippen LogP contribution in [0.5, 0.6) is 0 Å². The predicted molar refractivity (Wildman–Crippen MR) is 89.3 cm³/mol. The quantitative estimate of drug-likeness (QED) is 0.850. The van der Waals surface area contributed by atoms with E-state index >= 15 is 0 Å². The van der Waals surface area contributed by atoms with Crippen molar-refractivity contribution in [3.05, 3.63) is 71.3 Å². The highest BCUT2D eigenvalue weighted by molar-refractivity contribution is 5.27. The second-order valence-corrected chi connectivity index (χ2v) is 6.01. The van der Waals surface area contributed by atoms with Crippen LogP contribution in [-0.2, 0) is 15.7 Å². The molecule has 4 nitrogen and oxygen atoms in total. The van der Waals surface area contributed by atoms with Crippen LogP contribution in [0.1, 0.15) is 28.8 Å². The fourth-order valence-electron chi connectivity index (χ4n) is 2.94. The number of alkyl halides is 3. The molecule has 0 amide bonds. The Morgan fingerprint density at radius 2 is 1.92 bits per heavy atom. The van der Waals surface area contributed by atoms with Gasteiger partial charge in [-0.25, -0.2) is 0 Å². The number of ether oxygens (including phenoxy) is 2. The van der Waals surface area contributed by atoms with Gasteiger partial charge < -0.3 is 19.9 Å². The summed E-state index contributed by atoms with van der Waals surface area (Å²) in [6.45, 7) is 0.587. The maximum Gasteiger partial charge on any atom is 0.416 e. The molecular weight excluding hydrogens is 347 g/mol. The van der Waals surface area contributed by atoms with E-state index < -0.39 is 30.7 Å². The molecule has 0 saturated carbocycles. The van der Waals surface area contributed by atoms with E-state index in [1.165, 1.54) is 12.1 Å². The molecule has 0 aliphatic carbocycles. The molecule has 3 rings (SSSR count). The van der Waals surface area contributed by atoms with Crippen LogP contribution in [0.4, 0.5) is 13.2 Å². The Morgan fingerprint density at radius 3 is 2.62 bits per heavy atom. The van der Waals surface area contributed by atoms with Gasteiger partial charge in [-0.2, -0.15) is 13.2 Å². The van der Waals surface area contributed by atoms with Crippen molar-refractivity contribution in [3.63, 3.8) is 0 Å².